The van der Waals surface area contributed by atoms with Crippen molar-refractivity contribution in [2.45, 2.75) is 60.1 Å². The van der Waals surface area contributed by atoms with Crippen LogP contribution in [0.4, 0.5) is 4.39 Å². The molecule has 3 atom stereocenters. The second-order valence-electron chi connectivity index (χ2n) is 11.2. The number of piperidine rings is 1. The van der Waals surface area contributed by atoms with Gasteiger partial charge in [-0.25, -0.2) is 9.29 Å². The molecule has 2 aromatic carbocycles. The van der Waals surface area contributed by atoms with Crippen molar-refractivity contribution >= 4 is 17.7 Å². The number of imide groups is 1. The van der Waals surface area contributed by atoms with E-state index in [2.05, 4.69) is 14.5 Å². The molecule has 0 aromatic heterocycles. The molecule has 24 heteroatoms. The fourth-order valence-electron chi connectivity index (χ4n) is 5.75. The van der Waals surface area contributed by atoms with Crippen molar-refractivity contribution in [3.05, 3.63) is 64.5 Å². The third kappa shape index (κ3) is 4.48. The fourth-order valence-corrected chi connectivity index (χ4v) is 5.75. The molecule has 3 fully saturated rings. The summed E-state index contributed by atoms with van der Waals surface area (Å²) in [5, 5.41) is 139. The van der Waals surface area contributed by atoms with Gasteiger partial charge in [0.2, 0.25) is 11.6 Å². The van der Waals surface area contributed by atoms with Crippen LogP contribution in [-0.2, 0) is 41.9 Å². The van der Waals surface area contributed by atoms with E-state index < -0.39 is 117 Å². The van der Waals surface area contributed by atoms with Crippen LogP contribution in [-0.4, -0.2) is 123 Å². The lowest BCUT2D eigenvalue weighted by Crippen LogP contribution is -2.85. The van der Waals surface area contributed by atoms with Crippen LogP contribution in [0.5, 0.6) is 5.75 Å². The summed E-state index contributed by atoms with van der Waals surface area (Å²) in [6.07, 6.45) is -1.37. The van der Waals surface area contributed by atoms with Crippen LogP contribution in [0.3, 0.4) is 0 Å². The third-order valence-corrected chi connectivity index (χ3v) is 8.08. The van der Waals surface area contributed by atoms with E-state index in [0.717, 1.165) is 18.2 Å². The Morgan fingerprint density at radius 1 is 0.857 bits per heavy atom. The number of carbonyl (C=O) groups excluding carboxylic acids is 3. The Kier molecular flexibility index (Phi) is 7.20. The van der Waals surface area contributed by atoms with Crippen LogP contribution in [0.2, 0.25) is 0 Å². The molecule has 266 valence electrons. The number of ether oxygens (including phenoxy) is 2. The zero-order valence-electron chi connectivity index (χ0n) is 23.8. The standard InChI is InChI=1S/C25H24FN3O20/c26-15-10(20(36)29-22(39,40)24(42,43)47-25(44,45)23(29,41)49-48-20)4-2-5-11(15)21(37,38)46-12-6-1-3-9-14(12)19(34,35)28(16(9)31)18(33)8-7-13(30)27-17(18)32/h1-6,33-45H,7-8H2,(H,27,30,32). The quantitative estimate of drug-likeness (QED) is 0.0780. The Hall–Kier alpha value is -3.90. The number of halogens is 1. The lowest BCUT2D eigenvalue weighted by molar-refractivity contribution is -0.660. The number of nitrogens with zero attached hydrogens (tertiary/aromatic N) is 2. The van der Waals surface area contributed by atoms with E-state index in [9.17, 15) is 80.8 Å². The molecule has 49 heavy (non-hydrogen) atoms. The van der Waals surface area contributed by atoms with Gasteiger partial charge in [-0.3, -0.25) is 24.4 Å². The van der Waals surface area contributed by atoms with Crippen molar-refractivity contribution in [3.63, 3.8) is 0 Å². The molecule has 0 spiro atoms. The van der Waals surface area contributed by atoms with Gasteiger partial charge in [0.15, 0.2) is 0 Å². The average molecular weight is 705 g/mol. The summed E-state index contributed by atoms with van der Waals surface area (Å²) < 4.78 is 24.9. The summed E-state index contributed by atoms with van der Waals surface area (Å²) >= 11 is 0. The minimum absolute atomic E-state index is 0.131. The number of amides is 3. The topological polar surface area (TPSA) is 370 Å². The number of benzene rings is 2. The van der Waals surface area contributed by atoms with Gasteiger partial charge < -0.3 is 71.1 Å². The fraction of sp³-hybridized carbons (Fsp3) is 0.400. The summed E-state index contributed by atoms with van der Waals surface area (Å²) in [6, 6.07) is 4.34. The number of hydrogen-bond donors (Lipinski definition) is 14. The molecule has 3 amide bonds. The van der Waals surface area contributed by atoms with Crippen LogP contribution in [0.15, 0.2) is 36.4 Å². The van der Waals surface area contributed by atoms with Crippen LogP contribution in [0.25, 0.3) is 0 Å². The van der Waals surface area contributed by atoms with Crippen LogP contribution < -0.4 is 10.1 Å². The summed E-state index contributed by atoms with van der Waals surface area (Å²) in [5.74, 6) is -36.5. The number of nitrogens with one attached hydrogen (secondary N) is 1. The molecular weight excluding hydrogens is 681 g/mol. The van der Waals surface area contributed by atoms with E-state index >= 15 is 4.39 Å². The van der Waals surface area contributed by atoms with E-state index in [-0.39, 0.29) is 4.90 Å². The largest absolute Gasteiger partial charge is 0.435 e. The Labute approximate surface area is 268 Å². The summed E-state index contributed by atoms with van der Waals surface area (Å²) in [6.45, 7) is 0. The van der Waals surface area contributed by atoms with E-state index in [0.29, 0.717) is 18.2 Å². The van der Waals surface area contributed by atoms with Gasteiger partial charge in [0.1, 0.15) is 11.6 Å². The molecule has 3 saturated heterocycles. The molecule has 23 nitrogen and oxygen atoms in total. The highest BCUT2D eigenvalue weighted by molar-refractivity contribution is 6.07. The molecule has 0 saturated carbocycles. The molecule has 14 N–H and O–H groups in total. The monoisotopic (exact) mass is 705 g/mol. The predicted molar refractivity (Wildman–Crippen MR) is 135 cm³/mol. The van der Waals surface area contributed by atoms with Gasteiger partial charge in [-0.15, -0.1) is 4.90 Å². The van der Waals surface area contributed by atoms with Gasteiger partial charge in [0, 0.05) is 12.8 Å². The van der Waals surface area contributed by atoms with Gasteiger partial charge in [-0.05, 0) is 24.3 Å². The first-order valence-corrected chi connectivity index (χ1v) is 13.4. The predicted octanol–water partition coefficient (Wildman–Crippen LogP) is -7.37. The Bertz CT molecular complexity index is 1800. The maximum Gasteiger partial charge on any atom is 0.359 e. The highest BCUT2D eigenvalue weighted by Crippen LogP contribution is 2.55. The van der Waals surface area contributed by atoms with Crippen LogP contribution >= 0.6 is 0 Å². The molecule has 4 aliphatic heterocycles. The zero-order chi connectivity index (χ0) is 36.5. The van der Waals surface area contributed by atoms with Gasteiger partial charge in [0.05, 0.1) is 22.3 Å². The van der Waals surface area contributed by atoms with Crippen molar-refractivity contribution in [2.75, 3.05) is 0 Å². The van der Waals surface area contributed by atoms with E-state index in [1.54, 1.807) is 5.32 Å². The number of carbonyl (C=O) groups is 3. The first kappa shape index (κ1) is 34.9. The Balaban J connectivity index is 1.40. The average Bonchev–Trinajstić information content (AvgIpc) is 3.38. The van der Waals surface area contributed by atoms with Gasteiger partial charge in [-0.2, -0.15) is 9.78 Å². The zero-order valence-corrected chi connectivity index (χ0v) is 23.8. The lowest BCUT2D eigenvalue weighted by Gasteiger charge is -2.54. The van der Waals surface area contributed by atoms with Crippen molar-refractivity contribution < 1.29 is 104 Å². The van der Waals surface area contributed by atoms with Crippen molar-refractivity contribution in [1.29, 1.82) is 0 Å². The SMILES string of the molecule is O=C1CCC(O)(N2C(=O)c3cccc(OC(O)(O)c4cccc(C5(O)OOC6(O)N5C(O)(O)C(O)(O)OC6(O)O)c4F)c3C2(O)O)C(=O)N1. The molecule has 4 aliphatic rings. The van der Waals surface area contributed by atoms with Crippen molar-refractivity contribution in [1.82, 2.24) is 15.1 Å². The number of rotatable bonds is 5. The smallest absolute Gasteiger partial charge is 0.359 e. The van der Waals surface area contributed by atoms with Crippen LogP contribution in [0.1, 0.15) is 39.9 Å². The maximum atomic E-state index is 16.1. The second-order valence-corrected chi connectivity index (χ2v) is 11.2. The molecular formula is C25H24FN3O20. The lowest BCUT2D eigenvalue weighted by atomic mass is 9.99. The number of morpholine rings is 1. The summed E-state index contributed by atoms with van der Waals surface area (Å²) in [4.78, 5) is 44.8. The van der Waals surface area contributed by atoms with Crippen molar-refractivity contribution in [2.24, 2.45) is 0 Å². The van der Waals surface area contributed by atoms with Gasteiger partial charge in [-0.1, -0.05) is 12.1 Å². The molecule has 0 bridgehead atoms. The number of fused-ring (bicyclic) bond motifs is 2. The van der Waals surface area contributed by atoms with E-state index in [1.165, 1.54) is 0 Å². The molecule has 0 aliphatic carbocycles. The maximum absolute atomic E-state index is 16.1. The first-order valence-electron chi connectivity index (χ1n) is 13.4. The Morgan fingerprint density at radius 2 is 1.49 bits per heavy atom. The normalized spacial score (nSPS) is 31.7. The summed E-state index contributed by atoms with van der Waals surface area (Å²) in [7, 11) is 0. The summed E-state index contributed by atoms with van der Waals surface area (Å²) in [5.41, 5.74) is -7.82. The first-order chi connectivity index (χ1) is 22.3. The highest BCUT2D eigenvalue weighted by atomic mass is 19.1. The molecule has 3 unspecified atom stereocenters. The minimum Gasteiger partial charge on any atom is -0.435 e. The molecule has 4 heterocycles. The third-order valence-electron chi connectivity index (χ3n) is 8.08. The molecule has 2 aromatic rings. The van der Waals surface area contributed by atoms with Gasteiger partial charge in [0.25, 0.3) is 23.6 Å². The minimum atomic E-state index is -4.59. The Morgan fingerprint density at radius 3 is 2.12 bits per heavy atom. The molecule has 6 rings (SSSR count). The van der Waals surface area contributed by atoms with Gasteiger partial charge >= 0.3 is 29.7 Å². The van der Waals surface area contributed by atoms with Crippen LogP contribution in [0, 0.1) is 5.82 Å². The second kappa shape index (κ2) is 10.1. The van der Waals surface area contributed by atoms with E-state index in [4.69, 9.17) is 4.74 Å². The molecule has 0 radical (unpaired) electrons. The number of hydrogen-bond acceptors (Lipinski definition) is 21. The van der Waals surface area contributed by atoms with E-state index in [1.807, 2.05) is 0 Å². The van der Waals surface area contributed by atoms with Crippen molar-refractivity contribution in [3.8, 4) is 5.75 Å². The number of aliphatic hydroxyl groups is 13. The highest BCUT2D eigenvalue weighted by Gasteiger charge is 2.84.